The molecule has 3 N–H and O–H groups in total. The van der Waals surface area contributed by atoms with Crippen molar-refractivity contribution in [3.05, 3.63) is 88.4 Å². The van der Waals surface area contributed by atoms with Crippen molar-refractivity contribution in [2.24, 2.45) is 5.92 Å². The molecule has 1 saturated carbocycles. The molecule has 49 heavy (non-hydrogen) atoms. The molecule has 13 heteroatoms. The fourth-order valence-corrected chi connectivity index (χ4v) is 6.49. The molecule has 0 unspecified atom stereocenters. The number of nitrogen functional groups attached to an aromatic ring is 1. The Morgan fingerprint density at radius 3 is 2.29 bits per heavy atom. The molecular formula is C36H34FN9O3. The first-order valence-corrected chi connectivity index (χ1v) is 16.3. The van der Waals surface area contributed by atoms with Crippen molar-refractivity contribution in [3.8, 4) is 28.5 Å². The van der Waals surface area contributed by atoms with Crippen LogP contribution in [0.1, 0.15) is 67.7 Å². The van der Waals surface area contributed by atoms with E-state index in [9.17, 15) is 24.0 Å². The van der Waals surface area contributed by atoms with Crippen LogP contribution in [-0.2, 0) is 4.79 Å². The monoisotopic (exact) mass is 659 g/mol. The Labute approximate surface area is 281 Å². The fraction of sp³-hybridized carbons (Fsp3) is 0.306. The number of rotatable bonds is 7. The molecule has 1 aliphatic heterocycles. The summed E-state index contributed by atoms with van der Waals surface area (Å²) in [6, 6.07) is 14.5. The van der Waals surface area contributed by atoms with E-state index >= 15 is 0 Å². The molecule has 0 spiro atoms. The van der Waals surface area contributed by atoms with Gasteiger partial charge in [-0.2, -0.15) is 10.4 Å². The molecule has 2 amide bonds. The fourth-order valence-electron chi connectivity index (χ4n) is 6.49. The molecule has 2 fully saturated rings. The summed E-state index contributed by atoms with van der Waals surface area (Å²) < 4.78 is 17.2. The van der Waals surface area contributed by atoms with E-state index in [0.29, 0.717) is 46.9 Å². The summed E-state index contributed by atoms with van der Waals surface area (Å²) >= 11 is 0. The molecule has 5 aromatic rings. The third-order valence-electron chi connectivity index (χ3n) is 9.21. The lowest BCUT2D eigenvalue weighted by atomic mass is 10.0. The van der Waals surface area contributed by atoms with E-state index in [1.807, 2.05) is 23.4 Å². The van der Waals surface area contributed by atoms with Gasteiger partial charge in [0.25, 0.3) is 5.91 Å². The summed E-state index contributed by atoms with van der Waals surface area (Å²) in [4.78, 5) is 50.4. The Kier molecular flexibility index (Phi) is 8.15. The predicted molar refractivity (Wildman–Crippen MR) is 182 cm³/mol. The first-order valence-electron chi connectivity index (χ1n) is 16.3. The van der Waals surface area contributed by atoms with E-state index in [2.05, 4.69) is 21.4 Å². The molecule has 1 saturated heterocycles. The molecule has 0 radical (unpaired) electrons. The van der Waals surface area contributed by atoms with Crippen LogP contribution in [0.2, 0.25) is 0 Å². The van der Waals surface area contributed by atoms with Gasteiger partial charge in [0.15, 0.2) is 5.65 Å². The lowest BCUT2D eigenvalue weighted by molar-refractivity contribution is -0.135. The van der Waals surface area contributed by atoms with E-state index < -0.39 is 17.2 Å². The number of nitrogens with one attached hydrogen (secondary N) is 1. The SMILES string of the molecule is CC(C)C(=O)N1CCC(n2nc(-c3ccc(NC(=O)c4cn(C5CC5)c(C#N)c(-c5ccc(F)cc5)c4=O)cc3)c3c(N)ncnc32)CC1. The average Bonchev–Trinajstić information content (AvgIpc) is 3.88. The molecule has 0 bridgehead atoms. The van der Waals surface area contributed by atoms with Crippen molar-refractivity contribution in [1.29, 1.82) is 5.26 Å². The average molecular weight is 660 g/mol. The van der Waals surface area contributed by atoms with Crippen LogP contribution in [0.25, 0.3) is 33.4 Å². The molecule has 2 aromatic carbocycles. The van der Waals surface area contributed by atoms with Gasteiger partial charge in [0.1, 0.15) is 41.0 Å². The number of aromatic nitrogens is 5. The van der Waals surface area contributed by atoms with E-state index in [1.165, 1.54) is 36.8 Å². The normalized spacial score (nSPS) is 15.0. The number of benzene rings is 2. The quantitative estimate of drug-likeness (QED) is 0.237. The highest BCUT2D eigenvalue weighted by atomic mass is 19.1. The van der Waals surface area contributed by atoms with Gasteiger partial charge in [-0.1, -0.05) is 38.1 Å². The Hall–Kier alpha value is -5.90. The maximum atomic E-state index is 13.7. The van der Waals surface area contributed by atoms with Gasteiger partial charge in [-0.3, -0.25) is 14.4 Å². The summed E-state index contributed by atoms with van der Waals surface area (Å²) in [5.41, 5.74) is 8.55. The molecule has 7 rings (SSSR count). The number of piperidine rings is 1. The Morgan fingerprint density at radius 2 is 1.65 bits per heavy atom. The minimum Gasteiger partial charge on any atom is -0.383 e. The Balaban J connectivity index is 1.17. The van der Waals surface area contributed by atoms with E-state index in [0.717, 1.165) is 31.2 Å². The minimum atomic E-state index is -0.630. The maximum Gasteiger partial charge on any atom is 0.261 e. The summed E-state index contributed by atoms with van der Waals surface area (Å²) in [6.07, 6.45) is 5.95. The first-order chi connectivity index (χ1) is 23.6. The minimum absolute atomic E-state index is 0.00130. The second-order valence-electron chi connectivity index (χ2n) is 12.8. The smallest absolute Gasteiger partial charge is 0.261 e. The maximum absolute atomic E-state index is 13.7. The van der Waals surface area contributed by atoms with Crippen molar-refractivity contribution in [1.82, 2.24) is 29.2 Å². The highest BCUT2D eigenvalue weighted by Gasteiger charge is 2.31. The van der Waals surface area contributed by atoms with Crippen molar-refractivity contribution in [3.63, 3.8) is 0 Å². The van der Waals surface area contributed by atoms with E-state index in [1.54, 1.807) is 28.8 Å². The number of pyridine rings is 1. The van der Waals surface area contributed by atoms with Gasteiger partial charge in [0, 0.05) is 42.5 Å². The zero-order valence-electron chi connectivity index (χ0n) is 27.1. The molecule has 2 aliphatic rings. The number of likely N-dealkylation sites (tertiary alicyclic amines) is 1. The van der Waals surface area contributed by atoms with Gasteiger partial charge in [0.2, 0.25) is 11.3 Å². The van der Waals surface area contributed by atoms with Crippen LogP contribution >= 0.6 is 0 Å². The topological polar surface area (TPSA) is 165 Å². The third kappa shape index (κ3) is 5.90. The number of nitrogens with two attached hydrogens (primary N) is 1. The molecule has 1 aliphatic carbocycles. The van der Waals surface area contributed by atoms with Crippen LogP contribution in [0.3, 0.4) is 0 Å². The summed E-state index contributed by atoms with van der Waals surface area (Å²) in [5.74, 6) is -0.726. The molecular weight excluding hydrogens is 625 g/mol. The van der Waals surface area contributed by atoms with Crippen LogP contribution in [0.4, 0.5) is 15.9 Å². The number of carbonyl (C=O) groups excluding carboxylic acids is 2. The first kappa shape index (κ1) is 31.7. The number of amides is 2. The number of hydrogen-bond acceptors (Lipinski definition) is 8. The van der Waals surface area contributed by atoms with Gasteiger partial charge in [0.05, 0.1) is 17.0 Å². The number of anilines is 2. The van der Waals surface area contributed by atoms with Gasteiger partial charge >= 0.3 is 0 Å². The standard InChI is InChI=1S/C36H34FN9O3/c1-20(2)36(49)44-15-13-26(14-16-44)46-34-30(33(39)40-19-41-34)31(43-46)22-5-9-24(10-6-22)42-35(48)27-18-45(25-11-12-25)28(17-38)29(32(27)47)21-3-7-23(37)8-4-21/h3-10,18-20,25-26H,11-16H2,1-2H3,(H,42,48)(H2,39,40,41). The Bertz CT molecular complexity index is 2190. The zero-order chi connectivity index (χ0) is 34.4. The lowest BCUT2D eigenvalue weighted by Crippen LogP contribution is -2.41. The van der Waals surface area contributed by atoms with Crippen LogP contribution in [0.15, 0.2) is 65.8 Å². The van der Waals surface area contributed by atoms with Gasteiger partial charge < -0.3 is 20.5 Å². The predicted octanol–water partition coefficient (Wildman–Crippen LogP) is 5.32. The third-order valence-corrected chi connectivity index (χ3v) is 9.21. The summed E-state index contributed by atoms with van der Waals surface area (Å²) in [7, 11) is 0. The van der Waals surface area contributed by atoms with Crippen molar-refractivity contribution >= 4 is 34.4 Å². The summed E-state index contributed by atoms with van der Waals surface area (Å²) in [5, 5.41) is 18.4. The van der Waals surface area contributed by atoms with Crippen molar-refractivity contribution in [2.45, 2.75) is 51.6 Å². The van der Waals surface area contributed by atoms with Crippen LogP contribution in [-0.4, -0.2) is 54.1 Å². The van der Waals surface area contributed by atoms with Crippen molar-refractivity contribution in [2.75, 3.05) is 24.1 Å². The molecule has 3 aromatic heterocycles. The van der Waals surface area contributed by atoms with Gasteiger partial charge in [-0.15, -0.1) is 0 Å². The second-order valence-corrected chi connectivity index (χ2v) is 12.8. The molecule has 12 nitrogen and oxygen atoms in total. The van der Waals surface area contributed by atoms with E-state index in [-0.39, 0.29) is 40.7 Å². The van der Waals surface area contributed by atoms with Crippen LogP contribution in [0.5, 0.6) is 0 Å². The largest absolute Gasteiger partial charge is 0.383 e. The molecule has 248 valence electrons. The zero-order valence-corrected chi connectivity index (χ0v) is 27.1. The highest BCUT2D eigenvalue weighted by Crippen LogP contribution is 2.38. The second kappa shape index (κ2) is 12.6. The van der Waals surface area contributed by atoms with Gasteiger partial charge in [-0.25, -0.2) is 19.0 Å². The Morgan fingerprint density at radius 1 is 0.980 bits per heavy atom. The highest BCUT2D eigenvalue weighted by molar-refractivity contribution is 6.05. The molecule has 0 atom stereocenters. The molecule has 4 heterocycles. The van der Waals surface area contributed by atoms with Crippen LogP contribution in [0, 0.1) is 23.1 Å². The van der Waals surface area contributed by atoms with Crippen LogP contribution < -0.4 is 16.5 Å². The lowest BCUT2D eigenvalue weighted by Gasteiger charge is -2.33. The summed E-state index contributed by atoms with van der Waals surface area (Å²) in [6.45, 7) is 5.07. The number of carbonyl (C=O) groups is 2. The van der Waals surface area contributed by atoms with Crippen molar-refractivity contribution < 1.29 is 14.0 Å². The number of nitriles is 1. The number of hydrogen-bond donors (Lipinski definition) is 2. The van der Waals surface area contributed by atoms with Gasteiger partial charge in [-0.05, 0) is 55.5 Å². The number of fused-ring (bicyclic) bond motifs is 1. The number of nitrogens with zero attached hydrogens (tertiary/aromatic N) is 7. The van der Waals surface area contributed by atoms with E-state index in [4.69, 9.17) is 10.8 Å². The number of halogens is 1.